The fourth-order valence-corrected chi connectivity index (χ4v) is 4.92. The fourth-order valence-electron chi connectivity index (χ4n) is 4.25. The summed E-state index contributed by atoms with van der Waals surface area (Å²) in [7, 11) is -3.38. The van der Waals surface area contributed by atoms with Crippen molar-refractivity contribution >= 4 is 20.7 Å². The maximum absolute atomic E-state index is 12.3. The molecule has 1 heterocycles. The van der Waals surface area contributed by atoms with Gasteiger partial charge in [-0.25, -0.2) is 8.42 Å². The van der Waals surface area contributed by atoms with E-state index < -0.39 is 15.9 Å². The first-order chi connectivity index (χ1) is 13.3. The van der Waals surface area contributed by atoms with Gasteiger partial charge in [-0.15, -0.1) is 0 Å². The van der Waals surface area contributed by atoms with Gasteiger partial charge < -0.3 is 4.57 Å². The standard InChI is InChI=1S/C22H24N2O3S/c1-14-7-9-16(10-8-14)13-24-21-6-4-5-18(21)20-12-17(28(3,26)27)11-19(22(20)24)15(2)23-25/h7-12,15H,4-6,13H2,1-3H3. The molecule has 0 bridgehead atoms. The predicted octanol–water partition coefficient (Wildman–Crippen LogP) is 4.72. The minimum absolute atomic E-state index is 0.257. The number of nitroso groups, excluding NO2 is 1. The Morgan fingerprint density at radius 2 is 1.86 bits per heavy atom. The summed E-state index contributed by atoms with van der Waals surface area (Å²) < 4.78 is 26.8. The van der Waals surface area contributed by atoms with Gasteiger partial charge in [0.25, 0.3) is 0 Å². The van der Waals surface area contributed by atoms with Crippen LogP contribution >= 0.6 is 0 Å². The molecule has 6 heteroatoms. The first kappa shape index (κ1) is 18.9. The third-order valence-corrected chi connectivity index (χ3v) is 6.81. The van der Waals surface area contributed by atoms with Crippen molar-refractivity contribution in [3.05, 3.63) is 69.3 Å². The monoisotopic (exact) mass is 396 g/mol. The van der Waals surface area contributed by atoms with Gasteiger partial charge in [-0.2, -0.15) is 4.91 Å². The summed E-state index contributed by atoms with van der Waals surface area (Å²) in [4.78, 5) is 11.6. The van der Waals surface area contributed by atoms with Gasteiger partial charge in [0, 0.05) is 29.4 Å². The summed E-state index contributed by atoms with van der Waals surface area (Å²) >= 11 is 0. The van der Waals surface area contributed by atoms with E-state index in [0.717, 1.165) is 30.2 Å². The van der Waals surface area contributed by atoms with Crippen LogP contribution < -0.4 is 0 Å². The molecule has 1 aliphatic rings. The van der Waals surface area contributed by atoms with Crippen molar-refractivity contribution in [2.45, 2.75) is 50.6 Å². The number of sulfone groups is 1. The van der Waals surface area contributed by atoms with Gasteiger partial charge in [0.05, 0.1) is 10.4 Å². The van der Waals surface area contributed by atoms with E-state index in [1.807, 2.05) is 0 Å². The molecule has 0 aliphatic heterocycles. The topological polar surface area (TPSA) is 68.5 Å². The lowest BCUT2D eigenvalue weighted by molar-refractivity contribution is 0.601. The van der Waals surface area contributed by atoms with Crippen LogP contribution in [-0.4, -0.2) is 19.2 Å². The summed E-state index contributed by atoms with van der Waals surface area (Å²) in [5.41, 5.74) is 6.50. The molecule has 0 radical (unpaired) electrons. The molecule has 1 aromatic heterocycles. The van der Waals surface area contributed by atoms with Gasteiger partial charge in [0.1, 0.15) is 6.04 Å². The highest BCUT2D eigenvalue weighted by Gasteiger charge is 2.27. The van der Waals surface area contributed by atoms with Crippen molar-refractivity contribution < 1.29 is 8.42 Å². The number of aromatic nitrogens is 1. The predicted molar refractivity (Wildman–Crippen MR) is 112 cm³/mol. The Hall–Kier alpha value is -2.47. The van der Waals surface area contributed by atoms with Crippen LogP contribution in [0.15, 0.2) is 46.5 Å². The summed E-state index contributed by atoms with van der Waals surface area (Å²) in [5.74, 6) is 0. The Morgan fingerprint density at radius 3 is 2.50 bits per heavy atom. The fraction of sp³-hybridized carbons (Fsp3) is 0.364. The van der Waals surface area contributed by atoms with Crippen LogP contribution in [0.5, 0.6) is 0 Å². The third-order valence-electron chi connectivity index (χ3n) is 5.72. The van der Waals surface area contributed by atoms with Gasteiger partial charge in [-0.3, -0.25) is 0 Å². The van der Waals surface area contributed by atoms with E-state index in [9.17, 15) is 13.3 Å². The number of hydrogen-bond acceptors (Lipinski definition) is 4. The normalized spacial score (nSPS) is 15.0. The molecule has 1 unspecified atom stereocenters. The number of aryl methyl sites for hydroxylation is 2. The smallest absolute Gasteiger partial charge is 0.175 e. The summed E-state index contributed by atoms with van der Waals surface area (Å²) in [5, 5.41) is 4.17. The van der Waals surface area contributed by atoms with Crippen molar-refractivity contribution in [3.8, 4) is 0 Å². The van der Waals surface area contributed by atoms with E-state index in [1.165, 1.54) is 28.6 Å². The molecule has 1 aliphatic carbocycles. The highest BCUT2D eigenvalue weighted by atomic mass is 32.2. The molecule has 3 aromatic rings. The maximum Gasteiger partial charge on any atom is 0.175 e. The second kappa shape index (κ2) is 6.85. The van der Waals surface area contributed by atoms with Crippen molar-refractivity contribution in [2.24, 2.45) is 5.18 Å². The Balaban J connectivity index is 2.01. The first-order valence-corrected chi connectivity index (χ1v) is 11.4. The summed E-state index contributed by atoms with van der Waals surface area (Å²) in [6.45, 7) is 4.49. The molecule has 0 N–H and O–H groups in total. The summed E-state index contributed by atoms with van der Waals surface area (Å²) in [6.07, 6.45) is 4.17. The zero-order valence-electron chi connectivity index (χ0n) is 16.4. The van der Waals surface area contributed by atoms with Crippen LogP contribution in [-0.2, 0) is 29.2 Å². The Morgan fingerprint density at radius 1 is 1.14 bits per heavy atom. The van der Waals surface area contributed by atoms with Crippen LogP contribution in [0, 0.1) is 11.8 Å². The second-order valence-electron chi connectivity index (χ2n) is 7.81. The average Bonchev–Trinajstić information content (AvgIpc) is 3.24. The second-order valence-corrected chi connectivity index (χ2v) is 9.83. The molecule has 28 heavy (non-hydrogen) atoms. The number of nitrogens with zero attached hydrogens (tertiary/aromatic N) is 2. The molecule has 4 rings (SSSR count). The molecule has 1 atom stereocenters. The van der Waals surface area contributed by atoms with E-state index in [1.54, 1.807) is 19.1 Å². The molecule has 5 nitrogen and oxygen atoms in total. The zero-order chi connectivity index (χ0) is 20.1. The van der Waals surface area contributed by atoms with Crippen molar-refractivity contribution in [3.63, 3.8) is 0 Å². The van der Waals surface area contributed by atoms with Gasteiger partial charge in [0.2, 0.25) is 0 Å². The lowest BCUT2D eigenvalue weighted by atomic mass is 10.0. The molecule has 0 saturated carbocycles. The molecule has 0 saturated heterocycles. The SMILES string of the molecule is Cc1ccc(Cn2c3c(c4cc(S(C)(=O)=O)cc(C(C)N=O)c42)CCC3)cc1. The van der Waals surface area contributed by atoms with Crippen LogP contribution in [0.4, 0.5) is 0 Å². The average molecular weight is 397 g/mol. The highest BCUT2D eigenvalue weighted by Crippen LogP contribution is 2.39. The Kier molecular flexibility index (Phi) is 4.62. The molecular formula is C22H24N2O3S. The Labute approximate surface area is 165 Å². The number of benzene rings is 2. The van der Waals surface area contributed by atoms with Crippen LogP contribution in [0.25, 0.3) is 10.9 Å². The van der Waals surface area contributed by atoms with Crippen LogP contribution in [0.2, 0.25) is 0 Å². The minimum Gasteiger partial charge on any atom is -0.340 e. The summed E-state index contributed by atoms with van der Waals surface area (Å²) in [6, 6.07) is 11.2. The Bertz CT molecular complexity index is 1170. The van der Waals surface area contributed by atoms with Crippen molar-refractivity contribution in [1.82, 2.24) is 4.57 Å². The number of rotatable bonds is 5. The van der Waals surface area contributed by atoms with E-state index in [0.29, 0.717) is 12.1 Å². The van der Waals surface area contributed by atoms with Crippen LogP contribution in [0.1, 0.15) is 47.3 Å². The number of hydrogen-bond donors (Lipinski definition) is 0. The lowest BCUT2D eigenvalue weighted by Gasteiger charge is -2.15. The largest absolute Gasteiger partial charge is 0.340 e. The van der Waals surface area contributed by atoms with E-state index in [4.69, 9.17) is 0 Å². The van der Waals surface area contributed by atoms with E-state index in [2.05, 4.69) is 40.9 Å². The third kappa shape index (κ3) is 3.15. The van der Waals surface area contributed by atoms with Gasteiger partial charge >= 0.3 is 0 Å². The number of fused-ring (bicyclic) bond motifs is 3. The molecular weight excluding hydrogens is 372 g/mol. The van der Waals surface area contributed by atoms with Crippen molar-refractivity contribution in [1.29, 1.82) is 0 Å². The molecule has 0 spiro atoms. The van der Waals surface area contributed by atoms with Gasteiger partial charge in [0.15, 0.2) is 9.84 Å². The van der Waals surface area contributed by atoms with E-state index in [-0.39, 0.29) is 4.90 Å². The molecule has 146 valence electrons. The molecule has 0 fully saturated rings. The molecule has 0 amide bonds. The molecule has 2 aromatic carbocycles. The maximum atomic E-state index is 12.3. The zero-order valence-corrected chi connectivity index (χ0v) is 17.2. The van der Waals surface area contributed by atoms with Crippen molar-refractivity contribution in [2.75, 3.05) is 6.26 Å². The van der Waals surface area contributed by atoms with Gasteiger partial charge in [-0.1, -0.05) is 35.0 Å². The minimum atomic E-state index is -3.38. The van der Waals surface area contributed by atoms with Gasteiger partial charge in [-0.05, 0) is 56.4 Å². The van der Waals surface area contributed by atoms with Crippen LogP contribution in [0.3, 0.4) is 0 Å². The highest BCUT2D eigenvalue weighted by molar-refractivity contribution is 7.90. The lowest BCUT2D eigenvalue weighted by Crippen LogP contribution is -2.07. The first-order valence-electron chi connectivity index (χ1n) is 9.55. The van der Waals surface area contributed by atoms with E-state index >= 15 is 0 Å². The quantitative estimate of drug-likeness (QED) is 0.586.